The molecule has 32 heavy (non-hydrogen) atoms. The fourth-order valence-corrected chi connectivity index (χ4v) is 4.06. The highest BCUT2D eigenvalue weighted by molar-refractivity contribution is 6.31. The fraction of sp³-hybridized carbons (Fsp3) is 0.304. The van der Waals surface area contributed by atoms with Gasteiger partial charge in [-0.25, -0.2) is 14.4 Å². The van der Waals surface area contributed by atoms with Crippen molar-refractivity contribution in [2.24, 2.45) is 5.41 Å². The topological polar surface area (TPSA) is 99.9 Å². The van der Waals surface area contributed by atoms with Crippen LogP contribution in [0.25, 0.3) is 10.9 Å². The maximum atomic E-state index is 13.5. The van der Waals surface area contributed by atoms with Crippen molar-refractivity contribution in [1.82, 2.24) is 9.97 Å². The van der Waals surface area contributed by atoms with Crippen LogP contribution in [0.5, 0.6) is 5.75 Å². The second kappa shape index (κ2) is 8.97. The molecule has 0 radical (unpaired) electrons. The van der Waals surface area contributed by atoms with E-state index >= 15 is 0 Å². The van der Waals surface area contributed by atoms with Gasteiger partial charge < -0.3 is 15.4 Å². The zero-order valence-electron chi connectivity index (χ0n) is 17.4. The van der Waals surface area contributed by atoms with Crippen molar-refractivity contribution in [3.63, 3.8) is 0 Å². The van der Waals surface area contributed by atoms with Gasteiger partial charge in [-0.05, 0) is 44.0 Å². The molecule has 2 aromatic carbocycles. The predicted octanol–water partition coefficient (Wildman–Crippen LogP) is 5.59. The lowest BCUT2D eigenvalue weighted by Crippen LogP contribution is -2.32. The Morgan fingerprint density at radius 3 is 2.75 bits per heavy atom. The number of amides is 1. The molecule has 0 aliphatic heterocycles. The molecule has 9 heteroatoms. The molecule has 1 amide bonds. The Morgan fingerprint density at radius 2 is 2.06 bits per heavy atom. The molecule has 0 atom stereocenters. The van der Waals surface area contributed by atoms with E-state index in [9.17, 15) is 14.4 Å². The number of fused-ring (bicyclic) bond motifs is 1. The monoisotopic (exact) mass is 453 g/mol. The average Bonchev–Trinajstić information content (AvgIpc) is 3.28. The van der Waals surface area contributed by atoms with Gasteiger partial charge in [0.15, 0.2) is 0 Å². The van der Waals surface area contributed by atoms with Crippen molar-refractivity contribution in [3.05, 3.63) is 47.5 Å². The van der Waals surface area contributed by atoms with Gasteiger partial charge in [0.1, 0.15) is 29.1 Å². The molecular formula is C23H21ClFN5O2. The Hall–Kier alpha value is -3.44. The molecule has 7 nitrogen and oxygen atoms in total. The normalized spacial score (nSPS) is 14.7. The summed E-state index contributed by atoms with van der Waals surface area (Å²) in [6.07, 6.45) is 4.16. The van der Waals surface area contributed by atoms with E-state index in [1.54, 1.807) is 18.2 Å². The molecule has 4 rings (SSSR count). The Kier molecular flexibility index (Phi) is 6.10. The molecule has 0 unspecified atom stereocenters. The van der Waals surface area contributed by atoms with Crippen LogP contribution >= 0.6 is 11.6 Å². The third kappa shape index (κ3) is 4.16. The molecule has 1 aromatic heterocycles. The number of aromatic nitrogens is 2. The molecule has 164 valence electrons. The summed E-state index contributed by atoms with van der Waals surface area (Å²) in [6, 6.07) is 9.90. The van der Waals surface area contributed by atoms with Gasteiger partial charge in [-0.3, -0.25) is 4.79 Å². The van der Waals surface area contributed by atoms with E-state index < -0.39 is 11.2 Å². The van der Waals surface area contributed by atoms with Crippen molar-refractivity contribution in [3.8, 4) is 11.8 Å². The quantitative estimate of drug-likeness (QED) is 0.504. The molecular weight excluding hydrogens is 433 g/mol. The van der Waals surface area contributed by atoms with E-state index in [2.05, 4.69) is 26.7 Å². The maximum Gasteiger partial charge on any atom is 0.244 e. The number of anilines is 3. The molecule has 1 fully saturated rings. The first-order valence-electron chi connectivity index (χ1n) is 10.3. The van der Waals surface area contributed by atoms with Gasteiger partial charge in [0.2, 0.25) is 5.91 Å². The summed E-state index contributed by atoms with van der Waals surface area (Å²) in [5, 5.41) is 16.3. The van der Waals surface area contributed by atoms with E-state index in [0.717, 1.165) is 12.8 Å². The number of halogens is 2. The number of benzene rings is 2. The third-order valence-corrected chi connectivity index (χ3v) is 5.86. The number of hydrogen-bond acceptors (Lipinski definition) is 6. The van der Waals surface area contributed by atoms with Crippen LogP contribution in [0.4, 0.5) is 21.6 Å². The number of nitriles is 1. The van der Waals surface area contributed by atoms with Gasteiger partial charge in [0.25, 0.3) is 0 Å². The number of hydrogen-bond donors (Lipinski definition) is 2. The summed E-state index contributed by atoms with van der Waals surface area (Å²) < 4.78 is 19.2. The van der Waals surface area contributed by atoms with Crippen molar-refractivity contribution >= 4 is 45.6 Å². The Balaban J connectivity index is 1.74. The largest absolute Gasteiger partial charge is 0.492 e. The van der Waals surface area contributed by atoms with E-state index in [1.165, 1.54) is 18.5 Å². The second-order valence-corrected chi connectivity index (χ2v) is 8.04. The highest BCUT2D eigenvalue weighted by Crippen LogP contribution is 2.40. The molecule has 0 spiro atoms. The number of nitrogens with zero attached hydrogens (tertiary/aromatic N) is 3. The Morgan fingerprint density at radius 1 is 1.28 bits per heavy atom. The number of ether oxygens (including phenoxy) is 1. The molecule has 2 N–H and O–H groups in total. The summed E-state index contributed by atoms with van der Waals surface area (Å²) in [5.74, 6) is 0.0462. The second-order valence-electron chi connectivity index (χ2n) is 7.63. The minimum atomic E-state index is -1.03. The Labute approximate surface area is 189 Å². The van der Waals surface area contributed by atoms with Gasteiger partial charge in [-0.15, -0.1) is 0 Å². The first kappa shape index (κ1) is 21.8. The molecule has 3 aromatic rings. The summed E-state index contributed by atoms with van der Waals surface area (Å²) in [4.78, 5) is 21.6. The summed E-state index contributed by atoms with van der Waals surface area (Å²) in [6.45, 7) is 2.23. The van der Waals surface area contributed by atoms with Gasteiger partial charge in [0.05, 0.1) is 28.9 Å². The van der Waals surface area contributed by atoms with Crippen LogP contribution in [-0.2, 0) is 4.79 Å². The summed E-state index contributed by atoms with van der Waals surface area (Å²) in [7, 11) is 0. The van der Waals surface area contributed by atoms with Gasteiger partial charge in [-0.1, -0.05) is 24.4 Å². The first-order chi connectivity index (χ1) is 15.5. The van der Waals surface area contributed by atoms with Crippen LogP contribution in [0.2, 0.25) is 5.02 Å². The van der Waals surface area contributed by atoms with Crippen LogP contribution in [0.1, 0.15) is 32.6 Å². The number of carbonyl (C=O) groups is 1. The van der Waals surface area contributed by atoms with Crippen LogP contribution in [-0.4, -0.2) is 22.5 Å². The zero-order valence-corrected chi connectivity index (χ0v) is 18.2. The van der Waals surface area contributed by atoms with Gasteiger partial charge in [-0.2, -0.15) is 5.26 Å². The summed E-state index contributed by atoms with van der Waals surface area (Å²) in [5.41, 5.74) is 0.538. The lowest BCUT2D eigenvalue weighted by atomic mass is 9.87. The number of nitrogens with one attached hydrogen (secondary N) is 2. The SMILES string of the molecule is CCOc1cc2ncnc(Nc3ccc(F)c(Cl)c3)c2cc1NC(=O)C1(C#N)CCCC1. The van der Waals surface area contributed by atoms with E-state index in [1.807, 2.05) is 6.92 Å². The van der Waals surface area contributed by atoms with Crippen molar-refractivity contribution in [2.45, 2.75) is 32.6 Å². The molecule has 1 aliphatic carbocycles. The van der Waals surface area contributed by atoms with Crippen molar-refractivity contribution < 1.29 is 13.9 Å². The number of carbonyl (C=O) groups excluding carboxylic acids is 1. The van der Waals surface area contributed by atoms with Crippen molar-refractivity contribution in [2.75, 3.05) is 17.2 Å². The Bertz CT molecular complexity index is 1220. The molecule has 1 aliphatic rings. The predicted molar refractivity (Wildman–Crippen MR) is 121 cm³/mol. The van der Waals surface area contributed by atoms with Gasteiger partial charge >= 0.3 is 0 Å². The third-order valence-electron chi connectivity index (χ3n) is 5.57. The highest BCUT2D eigenvalue weighted by Gasteiger charge is 2.41. The molecule has 1 heterocycles. The average molecular weight is 454 g/mol. The minimum Gasteiger partial charge on any atom is -0.492 e. The first-order valence-corrected chi connectivity index (χ1v) is 10.7. The molecule has 0 bridgehead atoms. The highest BCUT2D eigenvalue weighted by atomic mass is 35.5. The van der Waals surface area contributed by atoms with Crippen LogP contribution in [0, 0.1) is 22.6 Å². The summed E-state index contributed by atoms with van der Waals surface area (Å²) >= 11 is 5.89. The standard InChI is InChI=1S/C23H21ClFN5O2/c1-2-32-20-11-18-15(10-19(20)30-22(31)23(12-26)7-3-4-8-23)21(28-13-27-18)29-14-5-6-17(25)16(24)9-14/h5-6,9-11,13H,2-4,7-8H2,1H3,(H,30,31)(H,27,28,29). The maximum absolute atomic E-state index is 13.5. The van der Waals surface area contributed by atoms with E-state index in [4.69, 9.17) is 16.3 Å². The smallest absolute Gasteiger partial charge is 0.244 e. The fourth-order valence-electron chi connectivity index (χ4n) is 3.88. The minimum absolute atomic E-state index is 0.0155. The zero-order chi connectivity index (χ0) is 22.7. The number of rotatable bonds is 6. The van der Waals surface area contributed by atoms with Crippen molar-refractivity contribution in [1.29, 1.82) is 5.26 Å². The van der Waals surface area contributed by atoms with E-state index in [0.29, 0.717) is 53.3 Å². The lowest BCUT2D eigenvalue weighted by Gasteiger charge is -2.21. The van der Waals surface area contributed by atoms with Crippen LogP contribution < -0.4 is 15.4 Å². The lowest BCUT2D eigenvalue weighted by molar-refractivity contribution is -0.122. The van der Waals surface area contributed by atoms with Gasteiger partial charge in [0, 0.05) is 17.1 Å². The van der Waals surface area contributed by atoms with E-state index in [-0.39, 0.29) is 10.9 Å². The molecule has 0 saturated heterocycles. The molecule has 1 saturated carbocycles. The van der Waals surface area contributed by atoms with Crippen LogP contribution in [0.3, 0.4) is 0 Å². The van der Waals surface area contributed by atoms with Crippen LogP contribution in [0.15, 0.2) is 36.7 Å².